The summed E-state index contributed by atoms with van der Waals surface area (Å²) in [5, 5.41) is 2.91. The molecule has 0 aromatic heterocycles. The quantitative estimate of drug-likeness (QED) is 0.732. The third kappa shape index (κ3) is 4.59. The lowest BCUT2D eigenvalue weighted by atomic mass is 9.89. The molecular formula is C24H27FN4O3. The summed E-state index contributed by atoms with van der Waals surface area (Å²) in [7, 11) is 3.16. The van der Waals surface area contributed by atoms with Gasteiger partial charge in [0.2, 0.25) is 0 Å². The molecule has 8 heteroatoms. The molecule has 4 amide bonds. The van der Waals surface area contributed by atoms with Gasteiger partial charge >= 0.3 is 17.8 Å². The number of urea groups is 1. The molecule has 0 unspecified atom stereocenters. The van der Waals surface area contributed by atoms with Gasteiger partial charge in [0, 0.05) is 46.0 Å². The summed E-state index contributed by atoms with van der Waals surface area (Å²) in [6.07, 6.45) is 1.58. The molecule has 0 bridgehead atoms. The number of hydrogen-bond donors (Lipinski definition) is 1. The maximum atomic E-state index is 13.4. The van der Waals surface area contributed by atoms with E-state index in [9.17, 15) is 18.8 Å². The lowest BCUT2D eigenvalue weighted by Crippen LogP contribution is -2.45. The number of nitrogens with zero attached hydrogens (tertiary/aromatic N) is 3. The van der Waals surface area contributed by atoms with Crippen LogP contribution in [0.4, 0.5) is 14.9 Å². The number of likely N-dealkylation sites (tertiary alicyclic amines) is 1. The normalized spacial score (nSPS) is 16.0. The highest BCUT2D eigenvalue weighted by atomic mass is 19.1. The summed E-state index contributed by atoms with van der Waals surface area (Å²) >= 11 is 0. The van der Waals surface area contributed by atoms with E-state index >= 15 is 0 Å². The van der Waals surface area contributed by atoms with Crippen molar-refractivity contribution in [2.45, 2.75) is 31.8 Å². The van der Waals surface area contributed by atoms with Crippen LogP contribution >= 0.6 is 0 Å². The first-order valence-electron chi connectivity index (χ1n) is 10.8. The van der Waals surface area contributed by atoms with Crippen molar-refractivity contribution in [2.75, 3.05) is 32.5 Å². The number of piperidine rings is 1. The zero-order chi connectivity index (χ0) is 22.8. The van der Waals surface area contributed by atoms with Gasteiger partial charge in [-0.25, -0.2) is 9.18 Å². The van der Waals surface area contributed by atoms with Crippen LogP contribution in [-0.2, 0) is 22.7 Å². The van der Waals surface area contributed by atoms with Gasteiger partial charge < -0.3 is 20.0 Å². The molecule has 2 aliphatic heterocycles. The van der Waals surface area contributed by atoms with Crippen LogP contribution in [0, 0.1) is 5.82 Å². The van der Waals surface area contributed by atoms with Crippen molar-refractivity contribution < 1.29 is 18.8 Å². The summed E-state index contributed by atoms with van der Waals surface area (Å²) < 4.78 is 13.4. The van der Waals surface area contributed by atoms with Gasteiger partial charge in [-0.1, -0.05) is 18.2 Å². The molecule has 32 heavy (non-hydrogen) atoms. The van der Waals surface area contributed by atoms with Gasteiger partial charge in [0.1, 0.15) is 5.82 Å². The average Bonchev–Trinajstić information content (AvgIpc) is 3.22. The van der Waals surface area contributed by atoms with E-state index in [2.05, 4.69) is 5.32 Å². The Hall–Kier alpha value is -3.42. The largest absolute Gasteiger partial charge is 0.341 e. The van der Waals surface area contributed by atoms with E-state index in [1.807, 2.05) is 24.3 Å². The minimum absolute atomic E-state index is 0.216. The molecule has 1 fully saturated rings. The fourth-order valence-corrected chi connectivity index (χ4v) is 4.29. The summed E-state index contributed by atoms with van der Waals surface area (Å²) in [6, 6.07) is 12.2. The first kappa shape index (κ1) is 21.8. The molecule has 0 spiro atoms. The fraction of sp³-hybridized carbons (Fsp3) is 0.375. The summed E-state index contributed by atoms with van der Waals surface area (Å²) in [5.41, 5.74) is 3.66. The lowest BCUT2D eigenvalue weighted by Gasteiger charge is -2.32. The number of carbonyl (C=O) groups is 3. The second kappa shape index (κ2) is 8.98. The summed E-state index contributed by atoms with van der Waals surface area (Å²) in [4.78, 5) is 41.3. The molecule has 2 heterocycles. The van der Waals surface area contributed by atoms with Crippen LogP contribution in [0.1, 0.15) is 35.4 Å². The monoisotopic (exact) mass is 438 g/mol. The fourth-order valence-electron chi connectivity index (χ4n) is 4.29. The Labute approximate surface area is 186 Å². The van der Waals surface area contributed by atoms with Crippen molar-refractivity contribution in [3.05, 3.63) is 65.0 Å². The predicted molar refractivity (Wildman–Crippen MR) is 118 cm³/mol. The van der Waals surface area contributed by atoms with Crippen molar-refractivity contribution in [1.82, 2.24) is 14.7 Å². The predicted octanol–water partition coefficient (Wildman–Crippen LogP) is 3.17. The number of anilines is 1. The number of likely N-dealkylation sites (N-methyl/N-ethyl adjacent to an activating group) is 1. The van der Waals surface area contributed by atoms with Crippen molar-refractivity contribution >= 4 is 23.5 Å². The maximum absolute atomic E-state index is 13.4. The van der Waals surface area contributed by atoms with Crippen LogP contribution in [0.15, 0.2) is 42.5 Å². The molecule has 168 valence electrons. The lowest BCUT2D eigenvalue weighted by molar-refractivity contribution is -0.150. The van der Waals surface area contributed by atoms with E-state index in [4.69, 9.17) is 0 Å². The van der Waals surface area contributed by atoms with Crippen molar-refractivity contribution in [3.63, 3.8) is 0 Å². The second-order valence-electron chi connectivity index (χ2n) is 8.59. The molecular weight excluding hydrogens is 411 g/mol. The van der Waals surface area contributed by atoms with Gasteiger partial charge in [-0.15, -0.1) is 0 Å². The first-order chi connectivity index (χ1) is 15.3. The average molecular weight is 439 g/mol. The Morgan fingerprint density at radius 1 is 0.938 bits per heavy atom. The SMILES string of the molecule is CN(C)C(=O)C(=O)N1CCC(c2ccc(NC(=O)N3Cc4ccc(F)cc4C3)cc2)CC1. The Bertz CT molecular complexity index is 1030. The Morgan fingerprint density at radius 2 is 1.59 bits per heavy atom. The highest BCUT2D eigenvalue weighted by molar-refractivity contribution is 6.34. The molecule has 1 N–H and O–H groups in total. The van der Waals surface area contributed by atoms with E-state index in [1.54, 1.807) is 30.0 Å². The van der Waals surface area contributed by atoms with Gasteiger partial charge in [0.15, 0.2) is 0 Å². The molecule has 0 aliphatic carbocycles. The summed E-state index contributed by atoms with van der Waals surface area (Å²) in [6.45, 7) is 1.97. The van der Waals surface area contributed by atoms with E-state index in [0.717, 1.165) is 29.5 Å². The molecule has 2 aromatic rings. The van der Waals surface area contributed by atoms with Gasteiger partial charge in [-0.05, 0) is 59.7 Å². The van der Waals surface area contributed by atoms with Crippen LogP contribution in [0.2, 0.25) is 0 Å². The number of hydrogen-bond acceptors (Lipinski definition) is 3. The molecule has 2 aliphatic rings. The smallest absolute Gasteiger partial charge is 0.322 e. The molecule has 0 saturated carbocycles. The summed E-state index contributed by atoms with van der Waals surface area (Å²) in [5.74, 6) is -0.921. The molecule has 2 aromatic carbocycles. The van der Waals surface area contributed by atoms with Crippen LogP contribution in [0.25, 0.3) is 0 Å². The molecule has 1 saturated heterocycles. The third-order valence-electron chi connectivity index (χ3n) is 6.18. The maximum Gasteiger partial charge on any atom is 0.322 e. The second-order valence-corrected chi connectivity index (χ2v) is 8.59. The highest BCUT2D eigenvalue weighted by Crippen LogP contribution is 2.29. The van der Waals surface area contributed by atoms with Crippen LogP contribution in [0.5, 0.6) is 0 Å². The highest BCUT2D eigenvalue weighted by Gasteiger charge is 2.28. The number of carbonyl (C=O) groups excluding carboxylic acids is 3. The van der Waals surface area contributed by atoms with E-state index in [1.165, 1.54) is 17.0 Å². The standard InChI is InChI=1S/C24H27FN4O3/c1-27(2)22(30)23(31)28-11-9-17(10-12-28)16-4-7-21(8-5-16)26-24(32)29-14-18-3-6-20(25)13-19(18)15-29/h3-8,13,17H,9-12,14-15H2,1-2H3,(H,26,32). The van der Waals surface area contributed by atoms with Crippen LogP contribution in [-0.4, -0.2) is 59.7 Å². The number of rotatable bonds is 2. The molecule has 0 radical (unpaired) electrons. The first-order valence-corrected chi connectivity index (χ1v) is 10.8. The van der Waals surface area contributed by atoms with Crippen LogP contribution in [0.3, 0.4) is 0 Å². The Kier molecular flexibility index (Phi) is 6.12. The van der Waals surface area contributed by atoms with Crippen molar-refractivity contribution in [3.8, 4) is 0 Å². The van der Waals surface area contributed by atoms with Gasteiger partial charge in [0.05, 0.1) is 0 Å². The number of halogens is 1. The van der Waals surface area contributed by atoms with E-state index < -0.39 is 11.8 Å². The van der Waals surface area contributed by atoms with E-state index in [-0.39, 0.29) is 11.8 Å². The zero-order valence-electron chi connectivity index (χ0n) is 18.3. The number of benzene rings is 2. The van der Waals surface area contributed by atoms with Crippen molar-refractivity contribution in [1.29, 1.82) is 0 Å². The molecule has 0 atom stereocenters. The Balaban J connectivity index is 1.30. The van der Waals surface area contributed by atoms with Crippen molar-refractivity contribution in [2.24, 2.45) is 0 Å². The third-order valence-corrected chi connectivity index (χ3v) is 6.18. The van der Waals surface area contributed by atoms with Gasteiger partial charge in [-0.2, -0.15) is 0 Å². The molecule has 4 rings (SSSR count). The van der Waals surface area contributed by atoms with E-state index in [0.29, 0.717) is 37.8 Å². The number of nitrogens with one attached hydrogen (secondary N) is 1. The molecule has 7 nitrogen and oxygen atoms in total. The minimum Gasteiger partial charge on any atom is -0.341 e. The topological polar surface area (TPSA) is 73.0 Å². The van der Waals surface area contributed by atoms with Crippen LogP contribution < -0.4 is 5.32 Å². The number of amides is 4. The number of fused-ring (bicyclic) bond motifs is 1. The van der Waals surface area contributed by atoms with Gasteiger partial charge in [-0.3, -0.25) is 9.59 Å². The Morgan fingerprint density at radius 3 is 2.25 bits per heavy atom. The zero-order valence-corrected chi connectivity index (χ0v) is 18.3. The minimum atomic E-state index is -0.491. The van der Waals surface area contributed by atoms with Gasteiger partial charge in [0.25, 0.3) is 0 Å².